The molecule has 0 aromatic heterocycles. The molecule has 0 aliphatic carbocycles. The second-order valence-electron chi connectivity index (χ2n) is 7.70. The third kappa shape index (κ3) is 5.24. The predicted octanol–water partition coefficient (Wildman–Crippen LogP) is 1.74. The molecule has 3 rings (SSSR count). The zero-order valence-corrected chi connectivity index (χ0v) is 16.5. The molecule has 4 amide bonds. The molecule has 0 spiro atoms. The molecule has 0 bridgehead atoms. The maximum Gasteiger partial charge on any atom is 0.320 e. The van der Waals surface area contributed by atoms with E-state index in [0.29, 0.717) is 19.6 Å². The number of nitrogens with zero attached hydrogens (tertiary/aromatic N) is 2. The lowest BCUT2D eigenvalue weighted by atomic mass is 9.97. The Morgan fingerprint density at radius 1 is 1.04 bits per heavy atom. The highest BCUT2D eigenvalue weighted by Crippen LogP contribution is 2.20. The highest BCUT2D eigenvalue weighted by atomic mass is 16.2. The number of carbonyl (C=O) groups is 3. The molecule has 2 atom stereocenters. The predicted molar refractivity (Wildman–Crippen MR) is 106 cm³/mol. The first kappa shape index (κ1) is 20.2. The van der Waals surface area contributed by atoms with E-state index in [-0.39, 0.29) is 23.8 Å². The van der Waals surface area contributed by atoms with Gasteiger partial charge in [-0.25, -0.2) is 4.79 Å². The van der Waals surface area contributed by atoms with E-state index in [1.54, 1.807) is 11.8 Å². The van der Waals surface area contributed by atoms with Crippen molar-refractivity contribution in [2.75, 3.05) is 26.2 Å². The fraction of sp³-hybridized carbons (Fsp3) is 0.571. The first-order valence-electron chi connectivity index (χ1n) is 10.2. The molecule has 2 N–H and O–H groups in total. The molecule has 7 nitrogen and oxygen atoms in total. The molecule has 0 saturated carbocycles. The van der Waals surface area contributed by atoms with Crippen LogP contribution in [0.3, 0.4) is 0 Å². The molecule has 152 valence electrons. The summed E-state index contributed by atoms with van der Waals surface area (Å²) in [6.07, 6.45) is 3.67. The van der Waals surface area contributed by atoms with Gasteiger partial charge in [0.15, 0.2) is 0 Å². The Balaban J connectivity index is 1.46. The van der Waals surface area contributed by atoms with Crippen LogP contribution in [0.2, 0.25) is 0 Å². The van der Waals surface area contributed by atoms with Gasteiger partial charge in [-0.15, -0.1) is 0 Å². The van der Waals surface area contributed by atoms with Gasteiger partial charge >= 0.3 is 6.03 Å². The van der Waals surface area contributed by atoms with Crippen molar-refractivity contribution in [2.45, 2.75) is 45.2 Å². The molecule has 2 aliphatic rings. The van der Waals surface area contributed by atoms with Crippen LogP contribution in [-0.4, -0.2) is 59.9 Å². The Labute approximate surface area is 166 Å². The highest BCUT2D eigenvalue weighted by molar-refractivity contribution is 5.88. The van der Waals surface area contributed by atoms with Gasteiger partial charge in [0.05, 0.1) is 5.92 Å². The van der Waals surface area contributed by atoms with E-state index >= 15 is 0 Å². The molecular weight excluding hydrogens is 356 g/mol. The van der Waals surface area contributed by atoms with Crippen molar-refractivity contribution in [1.29, 1.82) is 0 Å². The Kier molecular flexibility index (Phi) is 6.90. The Hall–Kier alpha value is -2.57. The quantitative estimate of drug-likeness (QED) is 0.809. The highest BCUT2D eigenvalue weighted by Gasteiger charge is 2.32. The number of amides is 4. The zero-order chi connectivity index (χ0) is 19.9. The van der Waals surface area contributed by atoms with Gasteiger partial charge in [0.1, 0.15) is 6.04 Å². The van der Waals surface area contributed by atoms with Crippen molar-refractivity contribution in [2.24, 2.45) is 5.92 Å². The molecule has 2 fully saturated rings. The first-order chi connectivity index (χ1) is 13.5. The van der Waals surface area contributed by atoms with E-state index < -0.39 is 6.04 Å². The summed E-state index contributed by atoms with van der Waals surface area (Å²) in [6, 6.07) is 9.09. The van der Waals surface area contributed by atoms with Gasteiger partial charge in [0.25, 0.3) is 0 Å². The van der Waals surface area contributed by atoms with Crippen molar-refractivity contribution in [3.8, 4) is 0 Å². The van der Waals surface area contributed by atoms with E-state index in [9.17, 15) is 14.4 Å². The molecular formula is C21H30N4O3. The number of likely N-dealkylation sites (tertiary alicyclic amines) is 2. The van der Waals surface area contributed by atoms with Crippen molar-refractivity contribution in [3.63, 3.8) is 0 Å². The van der Waals surface area contributed by atoms with Gasteiger partial charge < -0.3 is 20.4 Å². The minimum Gasteiger partial charge on any atom is -0.350 e. The maximum atomic E-state index is 12.6. The fourth-order valence-electron chi connectivity index (χ4n) is 3.81. The van der Waals surface area contributed by atoms with E-state index in [2.05, 4.69) is 10.6 Å². The normalized spacial score (nSPS) is 20.5. The number of hydrogen-bond donors (Lipinski definition) is 2. The van der Waals surface area contributed by atoms with E-state index in [1.165, 1.54) is 0 Å². The van der Waals surface area contributed by atoms with Gasteiger partial charge in [-0.2, -0.15) is 0 Å². The van der Waals surface area contributed by atoms with Gasteiger partial charge in [0, 0.05) is 32.7 Å². The summed E-state index contributed by atoms with van der Waals surface area (Å²) in [6.45, 7) is 4.87. The summed E-state index contributed by atoms with van der Waals surface area (Å²) < 4.78 is 0. The van der Waals surface area contributed by atoms with Crippen LogP contribution < -0.4 is 10.6 Å². The molecule has 28 heavy (non-hydrogen) atoms. The molecule has 2 unspecified atom stereocenters. The Morgan fingerprint density at radius 2 is 1.71 bits per heavy atom. The number of hydrogen-bond acceptors (Lipinski definition) is 3. The minimum absolute atomic E-state index is 0.0450. The average molecular weight is 386 g/mol. The maximum absolute atomic E-state index is 12.6. The van der Waals surface area contributed by atoms with Gasteiger partial charge in [0.2, 0.25) is 11.8 Å². The average Bonchev–Trinajstić information content (AvgIpc) is 3.27. The zero-order valence-electron chi connectivity index (χ0n) is 16.5. The Bertz CT molecular complexity index is 688. The Morgan fingerprint density at radius 3 is 2.43 bits per heavy atom. The smallest absolute Gasteiger partial charge is 0.320 e. The van der Waals surface area contributed by atoms with E-state index in [1.807, 2.05) is 35.2 Å². The van der Waals surface area contributed by atoms with Crippen molar-refractivity contribution >= 4 is 17.8 Å². The van der Waals surface area contributed by atoms with Crippen LogP contribution in [-0.2, 0) is 16.1 Å². The van der Waals surface area contributed by atoms with Crippen molar-refractivity contribution < 1.29 is 14.4 Å². The molecule has 7 heteroatoms. The number of rotatable bonds is 5. The fourth-order valence-corrected chi connectivity index (χ4v) is 3.81. The third-order valence-electron chi connectivity index (χ3n) is 5.50. The lowest BCUT2D eigenvalue weighted by Crippen LogP contribution is -2.52. The summed E-state index contributed by atoms with van der Waals surface area (Å²) in [5.41, 5.74) is 1.01. The summed E-state index contributed by atoms with van der Waals surface area (Å²) in [7, 11) is 0. The van der Waals surface area contributed by atoms with Crippen LogP contribution in [0.5, 0.6) is 0 Å². The van der Waals surface area contributed by atoms with Crippen LogP contribution in [0.1, 0.15) is 38.2 Å². The van der Waals surface area contributed by atoms with Gasteiger partial charge in [-0.1, -0.05) is 30.3 Å². The van der Waals surface area contributed by atoms with Crippen molar-refractivity contribution in [1.82, 2.24) is 20.4 Å². The van der Waals surface area contributed by atoms with Crippen LogP contribution in [0, 0.1) is 5.92 Å². The van der Waals surface area contributed by atoms with E-state index in [0.717, 1.165) is 44.3 Å². The van der Waals surface area contributed by atoms with Crippen molar-refractivity contribution in [3.05, 3.63) is 35.9 Å². The molecule has 1 aromatic carbocycles. The summed E-state index contributed by atoms with van der Waals surface area (Å²) in [4.78, 5) is 41.2. The molecule has 2 saturated heterocycles. The first-order valence-corrected chi connectivity index (χ1v) is 10.2. The number of nitrogens with one attached hydrogen (secondary N) is 2. The second-order valence-corrected chi connectivity index (χ2v) is 7.70. The van der Waals surface area contributed by atoms with Gasteiger partial charge in [-0.05, 0) is 38.2 Å². The minimum atomic E-state index is -0.610. The monoisotopic (exact) mass is 386 g/mol. The summed E-state index contributed by atoms with van der Waals surface area (Å²) >= 11 is 0. The standard InChI is InChI=1S/C21H30N4O3/c1-16(19(26)22-14-17-8-3-2-4-9-17)23-20(27)18-10-7-13-25(15-18)21(28)24-11-5-6-12-24/h2-4,8-9,16,18H,5-7,10-15H2,1H3,(H,22,26)(H,23,27). The van der Waals surface area contributed by atoms with E-state index in [4.69, 9.17) is 0 Å². The molecule has 2 heterocycles. The molecule has 2 aliphatic heterocycles. The van der Waals surface area contributed by atoms with Crippen LogP contribution in [0.4, 0.5) is 4.79 Å². The van der Waals surface area contributed by atoms with Crippen LogP contribution in [0.15, 0.2) is 30.3 Å². The molecule has 0 radical (unpaired) electrons. The van der Waals surface area contributed by atoms with Crippen LogP contribution in [0.25, 0.3) is 0 Å². The third-order valence-corrected chi connectivity index (χ3v) is 5.50. The lowest BCUT2D eigenvalue weighted by molar-refractivity contribution is -0.131. The SMILES string of the molecule is CC(NC(=O)C1CCCN(C(=O)N2CCCC2)C1)C(=O)NCc1ccccc1. The topological polar surface area (TPSA) is 81.8 Å². The number of carbonyl (C=O) groups excluding carboxylic acids is 3. The number of urea groups is 1. The lowest BCUT2D eigenvalue weighted by Gasteiger charge is -2.35. The van der Waals surface area contributed by atoms with Gasteiger partial charge in [-0.3, -0.25) is 9.59 Å². The second kappa shape index (κ2) is 9.57. The largest absolute Gasteiger partial charge is 0.350 e. The van der Waals surface area contributed by atoms with Crippen LogP contribution >= 0.6 is 0 Å². The summed E-state index contributed by atoms with van der Waals surface area (Å²) in [5, 5.41) is 5.66. The molecule has 1 aromatic rings. The number of benzene rings is 1. The summed E-state index contributed by atoms with van der Waals surface area (Å²) in [5.74, 6) is -0.621. The number of piperidine rings is 1.